The van der Waals surface area contributed by atoms with Crippen molar-refractivity contribution in [1.82, 2.24) is 4.57 Å². The lowest BCUT2D eigenvalue weighted by molar-refractivity contribution is -0.145. The lowest BCUT2D eigenvalue weighted by Gasteiger charge is -2.25. The van der Waals surface area contributed by atoms with Crippen LogP contribution in [0.5, 0.6) is 17.2 Å². The molecule has 0 radical (unpaired) electrons. The van der Waals surface area contributed by atoms with Crippen LogP contribution in [-0.4, -0.2) is 43.9 Å². The van der Waals surface area contributed by atoms with Crippen LogP contribution in [0, 0.1) is 0 Å². The molecule has 1 amide bonds. The van der Waals surface area contributed by atoms with Gasteiger partial charge in [0.2, 0.25) is 0 Å². The van der Waals surface area contributed by atoms with Gasteiger partial charge in [0.25, 0.3) is 11.5 Å². The zero-order valence-corrected chi connectivity index (χ0v) is 25.5. The number of aromatic nitrogens is 1. The molecule has 1 aromatic heterocycles. The number of allylic oxidation sites excluding steroid dienone is 1. The van der Waals surface area contributed by atoms with E-state index in [9.17, 15) is 14.4 Å². The molecule has 1 atom stereocenters. The van der Waals surface area contributed by atoms with Gasteiger partial charge in [-0.3, -0.25) is 14.2 Å². The minimum absolute atomic E-state index is 0.257. The molecule has 3 aromatic carbocycles. The molecule has 226 valence electrons. The van der Waals surface area contributed by atoms with E-state index in [0.29, 0.717) is 54.7 Å². The summed E-state index contributed by atoms with van der Waals surface area (Å²) in [6.07, 6.45) is 1.73. The molecule has 1 aliphatic heterocycles. The van der Waals surface area contributed by atoms with E-state index in [2.05, 4.69) is 5.32 Å². The monoisotopic (exact) mass is 613 g/mol. The molecule has 1 aliphatic rings. The quantitative estimate of drug-likeness (QED) is 0.270. The van der Waals surface area contributed by atoms with Crippen LogP contribution in [0.25, 0.3) is 6.08 Å². The maximum absolute atomic E-state index is 14.0. The third kappa shape index (κ3) is 6.42. The van der Waals surface area contributed by atoms with Crippen LogP contribution in [0.15, 0.2) is 93.9 Å². The van der Waals surface area contributed by atoms with Crippen LogP contribution in [-0.2, 0) is 14.3 Å². The van der Waals surface area contributed by atoms with Gasteiger partial charge in [0.1, 0.15) is 5.75 Å². The van der Waals surface area contributed by atoms with Gasteiger partial charge < -0.3 is 24.3 Å². The number of esters is 1. The number of ether oxygens (including phenoxy) is 4. The summed E-state index contributed by atoms with van der Waals surface area (Å²) in [5.74, 6) is 0.502. The van der Waals surface area contributed by atoms with Crippen molar-refractivity contribution in [1.29, 1.82) is 0 Å². The van der Waals surface area contributed by atoms with Crippen LogP contribution >= 0.6 is 11.3 Å². The number of hydrogen-bond donors (Lipinski definition) is 1. The average molecular weight is 614 g/mol. The number of carbonyl (C=O) groups is 2. The zero-order valence-electron chi connectivity index (χ0n) is 24.7. The molecule has 0 bridgehead atoms. The highest BCUT2D eigenvalue weighted by molar-refractivity contribution is 7.07. The highest BCUT2D eigenvalue weighted by atomic mass is 32.1. The van der Waals surface area contributed by atoms with Gasteiger partial charge in [-0.2, -0.15) is 0 Å². The number of benzene rings is 3. The Balaban J connectivity index is 1.57. The number of fused-ring (bicyclic) bond motifs is 1. The summed E-state index contributed by atoms with van der Waals surface area (Å²) in [5.41, 5.74) is 2.55. The smallest absolute Gasteiger partial charge is 0.344 e. The number of amides is 1. The molecular formula is C33H31N3O7S. The van der Waals surface area contributed by atoms with Crippen molar-refractivity contribution in [3.05, 3.63) is 115 Å². The minimum Gasteiger partial charge on any atom is -0.497 e. The van der Waals surface area contributed by atoms with E-state index in [-0.39, 0.29) is 24.7 Å². The predicted molar refractivity (Wildman–Crippen MR) is 167 cm³/mol. The number of carbonyl (C=O) groups excluding carboxylic acids is 2. The van der Waals surface area contributed by atoms with E-state index < -0.39 is 12.0 Å². The number of rotatable bonds is 10. The standard InChI is InChI=1S/C33H31N3O7S/c1-5-42-28(37)19-43-25-15-14-21(16-26(25)41-4)17-27-32(39)36-30(22-10-9-13-24(18-22)40-3)29(20(2)34-33(36)44-27)31(38)35-23-11-7-6-8-12-23/h6-18,30H,5,19H2,1-4H3,(H,35,38)/b27-17-/t30-/m0/s1. The average Bonchev–Trinajstić information content (AvgIpc) is 3.33. The molecule has 0 aliphatic carbocycles. The van der Waals surface area contributed by atoms with Crippen molar-refractivity contribution >= 4 is 35.0 Å². The Labute approximate surface area is 257 Å². The lowest BCUT2D eigenvalue weighted by atomic mass is 9.95. The number of methoxy groups -OCH3 is 2. The number of thiazole rings is 1. The van der Waals surface area contributed by atoms with E-state index >= 15 is 0 Å². The second-order valence-corrected chi connectivity index (χ2v) is 10.7. The predicted octanol–water partition coefficient (Wildman–Crippen LogP) is 3.83. The summed E-state index contributed by atoms with van der Waals surface area (Å²) < 4.78 is 23.4. The van der Waals surface area contributed by atoms with Gasteiger partial charge in [-0.1, -0.05) is 47.7 Å². The first-order valence-corrected chi connectivity index (χ1v) is 14.6. The van der Waals surface area contributed by atoms with Crippen molar-refractivity contribution in [3.8, 4) is 17.2 Å². The molecule has 2 heterocycles. The van der Waals surface area contributed by atoms with E-state index in [1.165, 1.54) is 18.4 Å². The largest absolute Gasteiger partial charge is 0.497 e. The van der Waals surface area contributed by atoms with Crippen LogP contribution < -0.4 is 34.4 Å². The maximum Gasteiger partial charge on any atom is 0.344 e. The van der Waals surface area contributed by atoms with Crippen molar-refractivity contribution in [2.45, 2.75) is 19.9 Å². The van der Waals surface area contributed by atoms with E-state index in [4.69, 9.17) is 23.9 Å². The molecule has 0 unspecified atom stereocenters. The first-order chi connectivity index (χ1) is 21.3. The van der Waals surface area contributed by atoms with Gasteiger partial charge >= 0.3 is 5.97 Å². The second kappa shape index (κ2) is 13.4. The number of nitrogens with zero attached hydrogens (tertiary/aromatic N) is 2. The van der Waals surface area contributed by atoms with Crippen LogP contribution in [0.4, 0.5) is 5.69 Å². The van der Waals surface area contributed by atoms with Crippen molar-refractivity contribution < 1.29 is 28.5 Å². The zero-order chi connectivity index (χ0) is 31.2. The lowest BCUT2D eigenvalue weighted by Crippen LogP contribution is -2.40. The van der Waals surface area contributed by atoms with Crippen LogP contribution in [0.2, 0.25) is 0 Å². The highest BCUT2D eigenvalue weighted by Gasteiger charge is 2.32. The molecule has 0 fully saturated rings. The second-order valence-electron chi connectivity index (χ2n) is 9.68. The molecule has 0 saturated carbocycles. The molecule has 4 aromatic rings. The fourth-order valence-corrected chi connectivity index (χ4v) is 5.89. The Morgan fingerprint density at radius 2 is 1.80 bits per heavy atom. The third-order valence-electron chi connectivity index (χ3n) is 6.84. The SMILES string of the molecule is CCOC(=O)COc1ccc(/C=c2\sc3n(c2=O)[C@@H](c2cccc(OC)c2)C(C(=O)Nc2ccccc2)=C(C)N=3)cc1OC. The summed E-state index contributed by atoms with van der Waals surface area (Å²) in [6, 6.07) is 20.8. The molecule has 11 heteroatoms. The van der Waals surface area contributed by atoms with Gasteiger partial charge in [0, 0.05) is 5.69 Å². The Bertz CT molecular complexity index is 1910. The molecule has 0 saturated heterocycles. The third-order valence-corrected chi connectivity index (χ3v) is 7.83. The van der Waals surface area contributed by atoms with Crippen molar-refractivity contribution in [2.75, 3.05) is 32.8 Å². The Hall–Kier alpha value is -5.16. The fraction of sp³-hybridized carbons (Fsp3) is 0.212. The van der Waals surface area contributed by atoms with Gasteiger partial charge in [0.15, 0.2) is 22.9 Å². The topological polar surface area (TPSA) is 117 Å². The maximum atomic E-state index is 14.0. The number of nitrogens with one attached hydrogen (secondary N) is 1. The van der Waals surface area contributed by atoms with E-state index in [1.807, 2.05) is 36.4 Å². The van der Waals surface area contributed by atoms with Crippen molar-refractivity contribution in [3.63, 3.8) is 0 Å². The summed E-state index contributed by atoms with van der Waals surface area (Å²) in [4.78, 5) is 44.7. The molecule has 10 nitrogen and oxygen atoms in total. The van der Waals surface area contributed by atoms with Gasteiger partial charge in [-0.15, -0.1) is 0 Å². The number of anilines is 1. The summed E-state index contributed by atoms with van der Waals surface area (Å²) in [5, 5.41) is 2.95. The number of para-hydroxylation sites is 1. The minimum atomic E-state index is -0.750. The fourth-order valence-electron chi connectivity index (χ4n) is 4.84. The van der Waals surface area contributed by atoms with E-state index in [1.54, 1.807) is 68.0 Å². The highest BCUT2D eigenvalue weighted by Crippen LogP contribution is 2.33. The first-order valence-electron chi connectivity index (χ1n) is 13.8. The van der Waals surface area contributed by atoms with Gasteiger partial charge in [-0.25, -0.2) is 9.79 Å². The van der Waals surface area contributed by atoms with Crippen molar-refractivity contribution in [2.24, 2.45) is 4.99 Å². The molecule has 5 rings (SSSR count). The normalized spacial score (nSPS) is 14.4. The van der Waals surface area contributed by atoms with Crippen LogP contribution in [0.3, 0.4) is 0 Å². The van der Waals surface area contributed by atoms with E-state index in [0.717, 1.165) is 0 Å². The summed E-state index contributed by atoms with van der Waals surface area (Å²) >= 11 is 1.22. The van der Waals surface area contributed by atoms with Gasteiger partial charge in [0.05, 0.1) is 42.7 Å². The summed E-state index contributed by atoms with van der Waals surface area (Å²) in [6.45, 7) is 3.49. The number of hydrogen-bond acceptors (Lipinski definition) is 9. The van der Waals surface area contributed by atoms with Gasteiger partial charge in [-0.05, 0) is 67.4 Å². The Morgan fingerprint density at radius 3 is 2.52 bits per heavy atom. The molecule has 1 N–H and O–H groups in total. The summed E-state index contributed by atoms with van der Waals surface area (Å²) in [7, 11) is 3.05. The molecular weight excluding hydrogens is 582 g/mol. The van der Waals surface area contributed by atoms with Crippen LogP contribution in [0.1, 0.15) is 31.0 Å². The Morgan fingerprint density at radius 1 is 1.00 bits per heavy atom. The Kier molecular flexibility index (Phi) is 9.25. The first kappa shape index (κ1) is 30.3. The molecule has 44 heavy (non-hydrogen) atoms. The molecule has 0 spiro atoms.